The average Bonchev–Trinajstić information content (AvgIpc) is 2.84. The number of aryl methyl sites for hydroxylation is 1. The van der Waals surface area contributed by atoms with Crippen molar-refractivity contribution < 1.29 is 12.9 Å². The first kappa shape index (κ1) is 14.5. The second-order valence-corrected chi connectivity index (χ2v) is 6.34. The van der Waals surface area contributed by atoms with Gasteiger partial charge in [-0.3, -0.25) is 4.72 Å². The van der Waals surface area contributed by atoms with E-state index in [1.165, 1.54) is 0 Å². The first-order chi connectivity index (χ1) is 9.50. The number of hydrogen-bond donors (Lipinski definition) is 1. The average molecular weight is 295 g/mol. The first-order valence-electron chi connectivity index (χ1n) is 6.41. The molecule has 0 radical (unpaired) electrons. The van der Waals surface area contributed by atoms with Gasteiger partial charge in [0, 0.05) is 11.3 Å². The minimum atomic E-state index is -3.27. The lowest BCUT2D eigenvalue weighted by atomic mass is 10.2. The van der Waals surface area contributed by atoms with Crippen molar-refractivity contribution in [1.29, 1.82) is 0 Å². The maximum absolute atomic E-state index is 11.8. The molecular formula is C13H17N3O3S. The normalized spacial score (nSPS) is 11.5. The molecule has 1 aromatic heterocycles. The fraction of sp³-hybridized carbons (Fsp3) is 0.385. The molecule has 2 aromatic rings. The Morgan fingerprint density at radius 3 is 2.50 bits per heavy atom. The molecule has 0 atom stereocenters. The number of nitrogens with zero attached hydrogens (tertiary/aromatic N) is 2. The van der Waals surface area contributed by atoms with E-state index in [4.69, 9.17) is 4.52 Å². The van der Waals surface area contributed by atoms with Crippen LogP contribution in [0.25, 0.3) is 11.5 Å². The lowest BCUT2D eigenvalue weighted by molar-refractivity contribution is 0.425. The summed E-state index contributed by atoms with van der Waals surface area (Å²) in [5, 5.41) is 3.71. The van der Waals surface area contributed by atoms with E-state index in [1.807, 2.05) is 6.92 Å². The van der Waals surface area contributed by atoms with Crippen LogP contribution in [0.4, 0.5) is 5.69 Å². The van der Waals surface area contributed by atoms with Gasteiger partial charge in [-0.05, 0) is 37.6 Å². The van der Waals surface area contributed by atoms with Gasteiger partial charge in [0.25, 0.3) is 5.89 Å². The molecule has 0 spiro atoms. The van der Waals surface area contributed by atoms with E-state index in [1.54, 1.807) is 31.2 Å². The number of nitrogens with one attached hydrogen (secondary N) is 1. The number of rotatable bonds is 6. The molecule has 0 aliphatic carbocycles. The van der Waals surface area contributed by atoms with Gasteiger partial charge in [0.05, 0.1) is 5.75 Å². The quantitative estimate of drug-likeness (QED) is 0.885. The Labute approximate surface area is 118 Å². The second-order valence-electron chi connectivity index (χ2n) is 4.50. The molecule has 0 aliphatic heterocycles. The predicted molar refractivity (Wildman–Crippen MR) is 76.8 cm³/mol. The molecule has 0 fully saturated rings. The molecular weight excluding hydrogens is 278 g/mol. The van der Waals surface area contributed by atoms with Crippen molar-refractivity contribution in [3.05, 3.63) is 30.1 Å². The SMILES string of the molecule is CCCCS(=O)(=O)Nc1ccc(-c2nc(C)no2)cc1. The molecule has 0 saturated heterocycles. The summed E-state index contributed by atoms with van der Waals surface area (Å²) < 4.78 is 31.1. The number of aromatic nitrogens is 2. The van der Waals surface area contributed by atoms with Gasteiger partial charge in [-0.1, -0.05) is 18.5 Å². The van der Waals surface area contributed by atoms with Crippen LogP contribution in [-0.2, 0) is 10.0 Å². The van der Waals surface area contributed by atoms with Crippen molar-refractivity contribution in [3.8, 4) is 11.5 Å². The fourth-order valence-corrected chi connectivity index (χ4v) is 2.93. The summed E-state index contributed by atoms with van der Waals surface area (Å²) in [5.41, 5.74) is 1.28. The lowest BCUT2D eigenvalue weighted by Crippen LogP contribution is -2.16. The van der Waals surface area contributed by atoms with Gasteiger partial charge >= 0.3 is 0 Å². The highest BCUT2D eigenvalue weighted by molar-refractivity contribution is 7.92. The maximum atomic E-state index is 11.8. The Morgan fingerprint density at radius 2 is 1.95 bits per heavy atom. The topological polar surface area (TPSA) is 85.1 Å². The van der Waals surface area contributed by atoms with Crippen molar-refractivity contribution in [2.45, 2.75) is 26.7 Å². The van der Waals surface area contributed by atoms with Crippen molar-refractivity contribution in [1.82, 2.24) is 10.1 Å². The third-order valence-electron chi connectivity index (χ3n) is 2.70. The van der Waals surface area contributed by atoms with E-state index in [0.717, 1.165) is 12.0 Å². The van der Waals surface area contributed by atoms with Crippen molar-refractivity contribution in [2.24, 2.45) is 0 Å². The highest BCUT2D eigenvalue weighted by Gasteiger charge is 2.10. The zero-order chi connectivity index (χ0) is 14.6. The largest absolute Gasteiger partial charge is 0.334 e. The van der Waals surface area contributed by atoms with Crippen LogP contribution in [0.2, 0.25) is 0 Å². The Hall–Kier alpha value is -1.89. The van der Waals surface area contributed by atoms with Crippen LogP contribution < -0.4 is 4.72 Å². The van der Waals surface area contributed by atoms with Gasteiger partial charge < -0.3 is 4.52 Å². The molecule has 6 nitrogen and oxygen atoms in total. The van der Waals surface area contributed by atoms with Gasteiger partial charge in [-0.2, -0.15) is 4.98 Å². The summed E-state index contributed by atoms with van der Waals surface area (Å²) in [6.07, 6.45) is 1.49. The van der Waals surface area contributed by atoms with Crippen LogP contribution in [0.5, 0.6) is 0 Å². The van der Waals surface area contributed by atoms with E-state index >= 15 is 0 Å². The van der Waals surface area contributed by atoms with E-state index in [9.17, 15) is 8.42 Å². The Morgan fingerprint density at radius 1 is 1.25 bits per heavy atom. The summed E-state index contributed by atoms with van der Waals surface area (Å²) in [5.74, 6) is 1.11. The fourth-order valence-electron chi connectivity index (χ4n) is 1.66. The first-order valence-corrected chi connectivity index (χ1v) is 8.06. The minimum absolute atomic E-state index is 0.133. The van der Waals surface area contributed by atoms with Crippen LogP contribution in [0.1, 0.15) is 25.6 Å². The molecule has 0 aliphatic rings. The van der Waals surface area contributed by atoms with Gasteiger partial charge in [0.15, 0.2) is 5.82 Å². The van der Waals surface area contributed by atoms with Crippen molar-refractivity contribution in [2.75, 3.05) is 10.5 Å². The van der Waals surface area contributed by atoms with Gasteiger partial charge in [0.1, 0.15) is 0 Å². The highest BCUT2D eigenvalue weighted by atomic mass is 32.2. The molecule has 7 heteroatoms. The van der Waals surface area contributed by atoms with Crippen LogP contribution in [0.15, 0.2) is 28.8 Å². The van der Waals surface area contributed by atoms with E-state index in [2.05, 4.69) is 14.9 Å². The Balaban J connectivity index is 2.09. The number of benzene rings is 1. The Kier molecular flexibility index (Phi) is 4.39. The van der Waals surface area contributed by atoms with E-state index in [-0.39, 0.29) is 5.75 Å². The molecule has 1 N–H and O–H groups in total. The smallest absolute Gasteiger partial charge is 0.257 e. The number of anilines is 1. The Bertz CT molecular complexity index is 662. The van der Waals surface area contributed by atoms with Crippen LogP contribution in [0.3, 0.4) is 0 Å². The standard InChI is InChI=1S/C13H17N3O3S/c1-3-4-9-20(17,18)16-12-7-5-11(6-8-12)13-14-10(2)15-19-13/h5-8,16H,3-4,9H2,1-2H3. The molecule has 0 unspecified atom stereocenters. The number of unbranched alkanes of at least 4 members (excludes halogenated alkanes) is 1. The summed E-state index contributed by atoms with van der Waals surface area (Å²) >= 11 is 0. The zero-order valence-corrected chi connectivity index (χ0v) is 12.3. The van der Waals surface area contributed by atoms with Gasteiger partial charge in [-0.25, -0.2) is 8.42 Å². The molecule has 20 heavy (non-hydrogen) atoms. The molecule has 1 heterocycles. The summed E-state index contributed by atoms with van der Waals surface area (Å²) in [4.78, 5) is 4.11. The van der Waals surface area contributed by atoms with Gasteiger partial charge in [-0.15, -0.1) is 0 Å². The summed E-state index contributed by atoms with van der Waals surface area (Å²) in [7, 11) is -3.27. The highest BCUT2D eigenvalue weighted by Crippen LogP contribution is 2.20. The molecule has 2 rings (SSSR count). The number of hydrogen-bond acceptors (Lipinski definition) is 5. The monoisotopic (exact) mass is 295 g/mol. The van der Waals surface area contributed by atoms with Crippen molar-refractivity contribution >= 4 is 15.7 Å². The second kappa shape index (κ2) is 6.04. The third-order valence-corrected chi connectivity index (χ3v) is 4.07. The van der Waals surface area contributed by atoms with E-state index in [0.29, 0.717) is 23.8 Å². The van der Waals surface area contributed by atoms with Crippen LogP contribution >= 0.6 is 0 Å². The maximum Gasteiger partial charge on any atom is 0.257 e. The van der Waals surface area contributed by atoms with Crippen LogP contribution in [-0.4, -0.2) is 24.3 Å². The molecule has 0 bridgehead atoms. The lowest BCUT2D eigenvalue weighted by Gasteiger charge is -2.07. The van der Waals surface area contributed by atoms with E-state index < -0.39 is 10.0 Å². The molecule has 108 valence electrons. The molecule has 1 aromatic carbocycles. The third kappa shape index (κ3) is 3.80. The van der Waals surface area contributed by atoms with Crippen LogP contribution in [0, 0.1) is 6.92 Å². The summed E-state index contributed by atoms with van der Waals surface area (Å²) in [6.45, 7) is 3.69. The van der Waals surface area contributed by atoms with Crippen molar-refractivity contribution in [3.63, 3.8) is 0 Å². The molecule has 0 amide bonds. The zero-order valence-electron chi connectivity index (χ0n) is 11.5. The predicted octanol–water partition coefficient (Wildman–Crippen LogP) is 2.59. The summed E-state index contributed by atoms with van der Waals surface area (Å²) in [6, 6.07) is 6.84. The minimum Gasteiger partial charge on any atom is -0.334 e. The molecule has 0 saturated carbocycles. The van der Waals surface area contributed by atoms with Gasteiger partial charge in [0.2, 0.25) is 10.0 Å². The number of sulfonamides is 1.